The van der Waals surface area contributed by atoms with Gasteiger partial charge >= 0.3 is 0 Å². The molecule has 1 aliphatic rings. The van der Waals surface area contributed by atoms with Crippen molar-refractivity contribution in [1.82, 2.24) is 0 Å². The average molecular weight is 122 g/mol. The molecule has 0 saturated heterocycles. The van der Waals surface area contributed by atoms with Gasteiger partial charge in [-0.1, -0.05) is 5.92 Å². The number of carbonyl (C=O) groups is 1. The lowest BCUT2D eigenvalue weighted by Crippen LogP contribution is -1.97. The molecule has 0 aromatic rings. The Labute approximate surface area is 55.4 Å². The van der Waals surface area contributed by atoms with Crippen molar-refractivity contribution < 1.29 is 4.79 Å². The van der Waals surface area contributed by atoms with Gasteiger partial charge in [0.2, 0.25) is 0 Å². The highest BCUT2D eigenvalue weighted by atomic mass is 16.1. The van der Waals surface area contributed by atoms with Crippen LogP contribution in [0, 0.1) is 11.8 Å². The average Bonchev–Trinajstić information content (AvgIpc) is 1.79. The van der Waals surface area contributed by atoms with Crippen molar-refractivity contribution in [2.75, 3.05) is 0 Å². The molecule has 0 aromatic carbocycles. The molecule has 0 bridgehead atoms. The molecule has 0 aliphatic heterocycles. The van der Waals surface area contributed by atoms with Crippen LogP contribution in [0.1, 0.15) is 32.1 Å². The lowest BCUT2D eigenvalue weighted by Gasteiger charge is -1.97. The fraction of sp³-hybridized carbons (Fsp3) is 0.625. The Hall–Kier alpha value is -0.770. The molecule has 1 aliphatic carbocycles. The number of carbonyl (C=O) groups excluding carboxylic acids is 1. The zero-order valence-corrected chi connectivity index (χ0v) is 5.44. The molecular formula is C8H10O. The molecular weight excluding hydrogens is 112 g/mol. The second kappa shape index (κ2) is 3.29. The standard InChI is InChI=1S/C8H10O/c9-8-6-4-2-1-3-5-7-8/h1-2,4,6-7H2. The summed E-state index contributed by atoms with van der Waals surface area (Å²) in [6, 6.07) is 0. The van der Waals surface area contributed by atoms with Gasteiger partial charge in [-0.3, -0.25) is 4.79 Å². The summed E-state index contributed by atoms with van der Waals surface area (Å²) >= 11 is 0. The van der Waals surface area contributed by atoms with Crippen molar-refractivity contribution in [3.05, 3.63) is 0 Å². The molecule has 0 amide bonds. The first-order valence-electron chi connectivity index (χ1n) is 3.37. The Morgan fingerprint density at radius 3 is 3.00 bits per heavy atom. The van der Waals surface area contributed by atoms with Gasteiger partial charge in [-0.25, -0.2) is 0 Å². The molecule has 0 spiro atoms. The molecule has 1 rings (SSSR count). The first-order valence-corrected chi connectivity index (χ1v) is 3.37. The van der Waals surface area contributed by atoms with Crippen LogP contribution in [0.25, 0.3) is 0 Å². The van der Waals surface area contributed by atoms with E-state index in [9.17, 15) is 4.79 Å². The van der Waals surface area contributed by atoms with Crippen LogP contribution in [0.2, 0.25) is 0 Å². The maximum Gasteiger partial charge on any atom is 0.144 e. The topological polar surface area (TPSA) is 17.1 Å². The van der Waals surface area contributed by atoms with Crippen LogP contribution in [-0.2, 0) is 4.79 Å². The summed E-state index contributed by atoms with van der Waals surface area (Å²) in [6.07, 6.45) is 4.34. The predicted octanol–water partition coefficient (Wildman–Crippen LogP) is 1.52. The number of ketones is 1. The van der Waals surface area contributed by atoms with Crippen molar-refractivity contribution in [1.29, 1.82) is 0 Å². The summed E-state index contributed by atoms with van der Waals surface area (Å²) in [5.74, 6) is 6.09. The first-order chi connectivity index (χ1) is 4.39. The Balaban J connectivity index is 2.44. The first kappa shape index (κ1) is 6.35. The lowest BCUT2D eigenvalue weighted by atomic mass is 10.1. The summed E-state index contributed by atoms with van der Waals surface area (Å²) in [4.78, 5) is 10.7. The molecule has 9 heavy (non-hydrogen) atoms. The highest BCUT2D eigenvalue weighted by Gasteiger charge is 1.99. The molecule has 0 N–H and O–H groups in total. The third-order valence-electron chi connectivity index (χ3n) is 1.42. The van der Waals surface area contributed by atoms with E-state index < -0.39 is 0 Å². The Kier molecular flexibility index (Phi) is 2.32. The molecule has 48 valence electrons. The summed E-state index contributed by atoms with van der Waals surface area (Å²) < 4.78 is 0. The molecule has 0 aromatic heterocycles. The SMILES string of the molecule is O=C1CC#CCCCC1. The van der Waals surface area contributed by atoms with Crippen molar-refractivity contribution in [2.45, 2.75) is 32.1 Å². The molecule has 0 radical (unpaired) electrons. The van der Waals surface area contributed by atoms with Gasteiger partial charge in [0.05, 0.1) is 6.42 Å². The second-order valence-electron chi connectivity index (χ2n) is 2.28. The minimum atomic E-state index is 0.308. The van der Waals surface area contributed by atoms with Gasteiger partial charge in [-0.15, -0.1) is 5.92 Å². The normalized spacial score (nSPS) is 19.3. The number of hydrogen-bond donors (Lipinski definition) is 0. The molecule has 1 nitrogen and oxygen atoms in total. The summed E-state index contributed by atoms with van der Waals surface area (Å²) in [5.41, 5.74) is 0. The monoisotopic (exact) mass is 122 g/mol. The largest absolute Gasteiger partial charge is 0.299 e. The van der Waals surface area contributed by atoms with E-state index in [1.807, 2.05) is 0 Å². The van der Waals surface area contributed by atoms with Gasteiger partial charge in [-0.05, 0) is 12.8 Å². The van der Waals surface area contributed by atoms with E-state index in [0.717, 1.165) is 25.7 Å². The third-order valence-corrected chi connectivity index (χ3v) is 1.42. The number of rotatable bonds is 0. The van der Waals surface area contributed by atoms with Gasteiger partial charge < -0.3 is 0 Å². The van der Waals surface area contributed by atoms with E-state index in [0.29, 0.717) is 12.2 Å². The summed E-state index contributed by atoms with van der Waals surface area (Å²) in [7, 11) is 0. The minimum absolute atomic E-state index is 0.308. The summed E-state index contributed by atoms with van der Waals surface area (Å²) in [6.45, 7) is 0. The molecule has 0 saturated carbocycles. The maximum atomic E-state index is 10.7. The number of Topliss-reactive ketones (excluding diaryl/α,β-unsaturated/α-hetero) is 1. The fourth-order valence-electron chi connectivity index (χ4n) is 0.873. The van der Waals surface area contributed by atoms with Crippen LogP contribution in [0.15, 0.2) is 0 Å². The predicted molar refractivity (Wildman–Crippen MR) is 35.9 cm³/mol. The van der Waals surface area contributed by atoms with Crippen LogP contribution in [-0.4, -0.2) is 5.78 Å². The van der Waals surface area contributed by atoms with E-state index in [1.54, 1.807) is 0 Å². The summed E-state index contributed by atoms with van der Waals surface area (Å²) in [5, 5.41) is 0. The van der Waals surface area contributed by atoms with Crippen molar-refractivity contribution in [3.63, 3.8) is 0 Å². The molecule has 1 heteroatoms. The molecule has 0 heterocycles. The Morgan fingerprint density at radius 1 is 1.22 bits per heavy atom. The van der Waals surface area contributed by atoms with Gasteiger partial charge in [0.15, 0.2) is 0 Å². The zero-order valence-electron chi connectivity index (χ0n) is 5.44. The Bertz CT molecular complexity index is 159. The molecule has 0 unspecified atom stereocenters. The van der Waals surface area contributed by atoms with Gasteiger partial charge in [0.1, 0.15) is 5.78 Å². The van der Waals surface area contributed by atoms with Crippen molar-refractivity contribution in [2.24, 2.45) is 0 Å². The maximum absolute atomic E-state index is 10.7. The Morgan fingerprint density at radius 2 is 2.11 bits per heavy atom. The third kappa shape index (κ3) is 2.32. The van der Waals surface area contributed by atoms with Gasteiger partial charge in [0.25, 0.3) is 0 Å². The van der Waals surface area contributed by atoms with Gasteiger partial charge in [-0.2, -0.15) is 0 Å². The quantitative estimate of drug-likeness (QED) is 0.445. The zero-order chi connectivity index (χ0) is 6.53. The van der Waals surface area contributed by atoms with Crippen molar-refractivity contribution in [3.8, 4) is 11.8 Å². The highest BCUT2D eigenvalue weighted by molar-refractivity contribution is 5.80. The second-order valence-corrected chi connectivity index (χ2v) is 2.28. The van der Waals surface area contributed by atoms with E-state index in [2.05, 4.69) is 11.8 Å². The lowest BCUT2D eigenvalue weighted by molar-refractivity contribution is -0.118. The van der Waals surface area contributed by atoms with E-state index >= 15 is 0 Å². The van der Waals surface area contributed by atoms with Crippen LogP contribution in [0.3, 0.4) is 0 Å². The van der Waals surface area contributed by atoms with Crippen molar-refractivity contribution >= 4 is 5.78 Å². The van der Waals surface area contributed by atoms with E-state index in [-0.39, 0.29) is 0 Å². The van der Waals surface area contributed by atoms with E-state index in [4.69, 9.17) is 0 Å². The molecule has 0 atom stereocenters. The minimum Gasteiger partial charge on any atom is -0.299 e. The van der Waals surface area contributed by atoms with Crippen LogP contribution >= 0.6 is 0 Å². The van der Waals surface area contributed by atoms with Crippen LogP contribution in [0.5, 0.6) is 0 Å². The highest BCUT2D eigenvalue weighted by Crippen LogP contribution is 2.03. The number of hydrogen-bond acceptors (Lipinski definition) is 1. The molecule has 0 fully saturated rings. The van der Waals surface area contributed by atoms with Crippen LogP contribution < -0.4 is 0 Å². The van der Waals surface area contributed by atoms with E-state index in [1.165, 1.54) is 0 Å². The van der Waals surface area contributed by atoms with Gasteiger partial charge in [0, 0.05) is 12.8 Å². The van der Waals surface area contributed by atoms with Crippen LogP contribution in [0.4, 0.5) is 0 Å². The smallest absolute Gasteiger partial charge is 0.144 e. The fourth-order valence-corrected chi connectivity index (χ4v) is 0.873.